The van der Waals surface area contributed by atoms with Crippen molar-refractivity contribution in [2.24, 2.45) is 5.73 Å². The molecule has 0 saturated heterocycles. The number of thioether (sulfide) groups is 1. The Kier molecular flexibility index (Phi) is 6.53. The Morgan fingerprint density at radius 2 is 1.20 bits per heavy atom. The summed E-state index contributed by atoms with van der Waals surface area (Å²) in [5, 5.41) is 9.25. The maximum atomic E-state index is 13.1. The summed E-state index contributed by atoms with van der Waals surface area (Å²) in [5.41, 5.74) is 7.27. The van der Waals surface area contributed by atoms with Gasteiger partial charge >= 0.3 is 12.1 Å². The molecule has 0 aromatic heterocycles. The summed E-state index contributed by atoms with van der Waals surface area (Å²) in [7, 11) is 0. The Hall–Kier alpha value is -2.77. The van der Waals surface area contributed by atoms with Crippen molar-refractivity contribution >= 4 is 17.7 Å². The molecule has 0 amide bonds. The number of hydrogen-bond acceptors (Lipinski definition) is 3. The highest BCUT2D eigenvalue weighted by atomic mass is 32.2. The minimum absolute atomic E-state index is 0.0696. The molecule has 156 valence electrons. The van der Waals surface area contributed by atoms with Crippen molar-refractivity contribution < 1.29 is 23.1 Å². The number of benzene rings is 3. The molecule has 3 aromatic rings. The first-order chi connectivity index (χ1) is 14.2. The Labute approximate surface area is 176 Å². The van der Waals surface area contributed by atoms with E-state index >= 15 is 0 Å². The van der Waals surface area contributed by atoms with Gasteiger partial charge in [0.25, 0.3) is 0 Å². The van der Waals surface area contributed by atoms with E-state index in [4.69, 9.17) is 5.73 Å². The number of carbonyl (C=O) groups is 1. The monoisotopic (exact) mass is 431 g/mol. The second-order valence-electron chi connectivity index (χ2n) is 6.74. The lowest BCUT2D eigenvalue weighted by atomic mass is 9.83. The van der Waals surface area contributed by atoms with E-state index in [1.54, 1.807) is 0 Å². The van der Waals surface area contributed by atoms with Gasteiger partial charge in [-0.05, 0) is 28.8 Å². The highest BCUT2D eigenvalue weighted by molar-refractivity contribution is 8.00. The van der Waals surface area contributed by atoms with Crippen LogP contribution in [0.1, 0.15) is 22.3 Å². The van der Waals surface area contributed by atoms with Gasteiger partial charge in [0, 0.05) is 5.75 Å². The van der Waals surface area contributed by atoms with Crippen LogP contribution in [0.2, 0.25) is 0 Å². The fraction of sp³-hybridized carbons (Fsp3) is 0.174. The maximum absolute atomic E-state index is 13.1. The van der Waals surface area contributed by atoms with Gasteiger partial charge in [-0.1, -0.05) is 72.8 Å². The normalized spacial score (nSPS) is 13.1. The third-order valence-electron chi connectivity index (χ3n) is 4.78. The van der Waals surface area contributed by atoms with E-state index in [9.17, 15) is 23.1 Å². The lowest BCUT2D eigenvalue weighted by Gasteiger charge is -2.36. The first kappa shape index (κ1) is 21.9. The number of rotatable bonds is 7. The maximum Gasteiger partial charge on any atom is 0.416 e. The zero-order chi connectivity index (χ0) is 21.8. The topological polar surface area (TPSA) is 63.3 Å². The molecule has 0 fully saturated rings. The second kappa shape index (κ2) is 8.93. The average Bonchev–Trinajstić information content (AvgIpc) is 2.75. The van der Waals surface area contributed by atoms with Gasteiger partial charge < -0.3 is 10.8 Å². The van der Waals surface area contributed by atoms with E-state index in [0.717, 1.165) is 23.3 Å². The Morgan fingerprint density at radius 1 is 0.800 bits per heavy atom. The van der Waals surface area contributed by atoms with Crippen molar-refractivity contribution in [2.75, 3.05) is 5.75 Å². The highest BCUT2D eigenvalue weighted by Gasteiger charge is 2.39. The van der Waals surface area contributed by atoms with Gasteiger partial charge in [0.1, 0.15) is 6.04 Å². The summed E-state index contributed by atoms with van der Waals surface area (Å²) in [6.07, 6.45) is -4.44. The highest BCUT2D eigenvalue weighted by Crippen LogP contribution is 2.49. The molecule has 0 unspecified atom stereocenters. The molecule has 0 aliphatic heterocycles. The molecule has 3 rings (SSSR count). The van der Waals surface area contributed by atoms with Crippen LogP contribution >= 0.6 is 11.8 Å². The molecule has 0 spiro atoms. The molecular weight excluding hydrogens is 411 g/mol. The molecule has 3 nitrogen and oxygen atoms in total. The van der Waals surface area contributed by atoms with Crippen molar-refractivity contribution in [3.05, 3.63) is 107 Å². The lowest BCUT2D eigenvalue weighted by Crippen LogP contribution is -2.36. The number of alkyl halides is 3. The third kappa shape index (κ3) is 4.52. The molecule has 0 heterocycles. The summed E-state index contributed by atoms with van der Waals surface area (Å²) in [5.74, 6) is -1.06. The van der Waals surface area contributed by atoms with Crippen LogP contribution in [0.4, 0.5) is 13.2 Å². The van der Waals surface area contributed by atoms with Gasteiger partial charge in [-0.2, -0.15) is 13.2 Å². The fourth-order valence-electron chi connectivity index (χ4n) is 3.28. The quantitative estimate of drug-likeness (QED) is 0.509. The van der Waals surface area contributed by atoms with Crippen molar-refractivity contribution in [2.45, 2.75) is 17.0 Å². The molecular formula is C23H20F3NO2S. The van der Waals surface area contributed by atoms with E-state index in [2.05, 4.69) is 0 Å². The van der Waals surface area contributed by atoms with Crippen LogP contribution in [0.3, 0.4) is 0 Å². The van der Waals surface area contributed by atoms with Gasteiger partial charge in [0.15, 0.2) is 0 Å². The molecule has 7 heteroatoms. The Bertz CT molecular complexity index is 937. The van der Waals surface area contributed by atoms with Crippen LogP contribution < -0.4 is 5.73 Å². The second-order valence-corrected chi connectivity index (χ2v) is 7.98. The third-order valence-corrected chi connectivity index (χ3v) is 6.44. The van der Waals surface area contributed by atoms with E-state index in [0.29, 0.717) is 5.56 Å². The average molecular weight is 431 g/mol. The van der Waals surface area contributed by atoms with Crippen LogP contribution in [0.25, 0.3) is 0 Å². The number of hydrogen-bond donors (Lipinski definition) is 2. The van der Waals surface area contributed by atoms with Crippen LogP contribution in [0.15, 0.2) is 84.9 Å². The molecule has 0 radical (unpaired) electrons. The first-order valence-electron chi connectivity index (χ1n) is 9.16. The first-order valence-corrected chi connectivity index (χ1v) is 10.1. The van der Waals surface area contributed by atoms with Crippen LogP contribution in [0, 0.1) is 0 Å². The van der Waals surface area contributed by atoms with Crippen molar-refractivity contribution in [1.82, 2.24) is 0 Å². The van der Waals surface area contributed by atoms with E-state index in [1.807, 2.05) is 60.7 Å². The van der Waals surface area contributed by atoms with E-state index in [-0.39, 0.29) is 5.75 Å². The molecule has 0 aliphatic rings. The van der Waals surface area contributed by atoms with Gasteiger partial charge in [0.2, 0.25) is 0 Å². The summed E-state index contributed by atoms with van der Waals surface area (Å²) in [4.78, 5) is 11.3. The SMILES string of the molecule is N[C@H](CSC(c1ccccc1)(c1ccccc1)c1ccc(C(F)(F)F)cc1)C(=O)O. The Balaban J connectivity index is 2.21. The van der Waals surface area contributed by atoms with Crippen molar-refractivity contribution in [3.8, 4) is 0 Å². The Morgan fingerprint density at radius 3 is 1.60 bits per heavy atom. The zero-order valence-corrected chi connectivity index (χ0v) is 16.7. The van der Waals surface area contributed by atoms with E-state index < -0.39 is 28.5 Å². The molecule has 0 bridgehead atoms. The largest absolute Gasteiger partial charge is 0.480 e. The number of carboxylic acid groups (broad SMARTS) is 1. The van der Waals surface area contributed by atoms with Crippen LogP contribution in [-0.2, 0) is 15.7 Å². The molecule has 0 aliphatic carbocycles. The van der Waals surface area contributed by atoms with Crippen molar-refractivity contribution in [1.29, 1.82) is 0 Å². The number of nitrogens with two attached hydrogens (primary N) is 1. The molecule has 1 atom stereocenters. The lowest BCUT2D eigenvalue weighted by molar-refractivity contribution is -0.138. The van der Waals surface area contributed by atoms with Crippen molar-refractivity contribution in [3.63, 3.8) is 0 Å². The van der Waals surface area contributed by atoms with E-state index in [1.165, 1.54) is 23.9 Å². The minimum atomic E-state index is -4.44. The number of aliphatic carboxylic acids is 1. The van der Waals surface area contributed by atoms with Crippen LogP contribution in [-0.4, -0.2) is 22.9 Å². The molecule has 30 heavy (non-hydrogen) atoms. The summed E-state index contributed by atoms with van der Waals surface area (Å²) >= 11 is 1.29. The molecule has 3 N–H and O–H groups in total. The summed E-state index contributed by atoms with van der Waals surface area (Å²) in [6.45, 7) is 0. The number of halogens is 3. The summed E-state index contributed by atoms with van der Waals surface area (Å²) < 4.78 is 38.4. The molecule has 3 aromatic carbocycles. The predicted octanol–water partition coefficient (Wildman–Crippen LogP) is 5.14. The standard InChI is InChI=1S/C23H20F3NO2S/c24-23(25,26)19-13-11-18(12-14-19)22(16-7-3-1-4-8-16,17-9-5-2-6-10-17)30-15-20(27)21(28)29/h1-14,20H,15,27H2,(H,28,29)/t20-/m1/s1. The van der Waals surface area contributed by atoms with Gasteiger partial charge in [-0.3, -0.25) is 4.79 Å². The smallest absolute Gasteiger partial charge is 0.416 e. The number of carboxylic acids is 1. The molecule has 0 saturated carbocycles. The zero-order valence-electron chi connectivity index (χ0n) is 15.8. The van der Waals surface area contributed by atoms with Gasteiger partial charge in [0.05, 0.1) is 10.3 Å². The summed E-state index contributed by atoms with van der Waals surface area (Å²) in [6, 6.07) is 22.5. The van der Waals surface area contributed by atoms with Crippen LogP contribution in [0.5, 0.6) is 0 Å². The van der Waals surface area contributed by atoms with Gasteiger partial charge in [-0.15, -0.1) is 11.8 Å². The predicted molar refractivity (Wildman–Crippen MR) is 112 cm³/mol. The minimum Gasteiger partial charge on any atom is -0.480 e. The fourth-order valence-corrected chi connectivity index (χ4v) is 4.76. The van der Waals surface area contributed by atoms with Gasteiger partial charge in [-0.25, -0.2) is 0 Å².